The topological polar surface area (TPSA) is 96.0 Å². The SMILES string of the molecule is CNC(=O)[C@@H](Cc1ccccc1)N(Cc1cccc(Cl)c1)C(=O)CN(c1ccc(OC)cc1)S(C)(=O)=O. The standard InChI is InChI=1S/C27H30ClN3O5S/c1-29-27(33)25(17-20-8-5-4-6-9-20)30(18-21-10-7-11-22(28)16-21)26(32)19-31(37(3,34)35)23-12-14-24(36-2)15-13-23/h4-16,25H,17-19H2,1-3H3,(H,29,33)/t25-/m1/s1. The number of anilines is 1. The molecule has 0 spiro atoms. The maximum absolute atomic E-state index is 13.8. The highest BCUT2D eigenvalue weighted by Gasteiger charge is 2.32. The van der Waals surface area contributed by atoms with Crippen molar-refractivity contribution < 1.29 is 22.7 Å². The van der Waals surface area contributed by atoms with E-state index in [0.29, 0.717) is 22.0 Å². The van der Waals surface area contributed by atoms with Gasteiger partial charge in [0.05, 0.1) is 19.1 Å². The molecule has 0 saturated heterocycles. The lowest BCUT2D eigenvalue weighted by atomic mass is 10.0. The van der Waals surface area contributed by atoms with Gasteiger partial charge in [-0.3, -0.25) is 13.9 Å². The number of ether oxygens (including phenoxy) is 1. The molecule has 37 heavy (non-hydrogen) atoms. The molecule has 196 valence electrons. The van der Waals surface area contributed by atoms with Crippen molar-refractivity contribution in [3.05, 3.63) is 95.0 Å². The Kier molecular flexibility index (Phi) is 9.54. The second-order valence-electron chi connectivity index (χ2n) is 8.44. The summed E-state index contributed by atoms with van der Waals surface area (Å²) in [5.74, 6) is -0.353. The van der Waals surface area contributed by atoms with Crippen molar-refractivity contribution in [2.45, 2.75) is 19.0 Å². The third-order valence-corrected chi connectivity index (χ3v) is 7.17. The Hall–Kier alpha value is -3.56. The molecule has 0 heterocycles. The molecule has 0 aromatic heterocycles. The molecule has 0 aliphatic rings. The summed E-state index contributed by atoms with van der Waals surface area (Å²) < 4.78 is 31.6. The molecule has 0 unspecified atom stereocenters. The van der Waals surface area contributed by atoms with Crippen molar-refractivity contribution in [1.82, 2.24) is 10.2 Å². The summed E-state index contributed by atoms with van der Waals surface area (Å²) in [5, 5.41) is 3.13. The highest BCUT2D eigenvalue weighted by molar-refractivity contribution is 7.92. The first kappa shape index (κ1) is 28.0. The van der Waals surface area contributed by atoms with E-state index in [-0.39, 0.29) is 18.9 Å². The van der Waals surface area contributed by atoms with Crippen molar-refractivity contribution in [3.63, 3.8) is 0 Å². The van der Waals surface area contributed by atoms with Gasteiger partial charge in [-0.05, 0) is 47.5 Å². The quantitative estimate of drug-likeness (QED) is 0.399. The molecular weight excluding hydrogens is 514 g/mol. The van der Waals surface area contributed by atoms with Crippen molar-refractivity contribution in [2.75, 3.05) is 31.3 Å². The number of nitrogens with one attached hydrogen (secondary N) is 1. The molecule has 10 heteroatoms. The summed E-state index contributed by atoms with van der Waals surface area (Å²) in [5.41, 5.74) is 1.87. The van der Waals surface area contributed by atoms with E-state index in [9.17, 15) is 18.0 Å². The molecule has 0 saturated carbocycles. The fourth-order valence-electron chi connectivity index (χ4n) is 3.91. The van der Waals surface area contributed by atoms with E-state index in [0.717, 1.165) is 16.1 Å². The number of amides is 2. The molecule has 0 aliphatic heterocycles. The lowest BCUT2D eigenvalue weighted by Crippen LogP contribution is -2.52. The predicted molar refractivity (Wildman–Crippen MR) is 145 cm³/mol. The molecule has 0 aliphatic carbocycles. The zero-order valence-electron chi connectivity index (χ0n) is 20.9. The van der Waals surface area contributed by atoms with Gasteiger partial charge in [0.1, 0.15) is 18.3 Å². The van der Waals surface area contributed by atoms with E-state index in [2.05, 4.69) is 5.32 Å². The van der Waals surface area contributed by atoms with E-state index >= 15 is 0 Å². The van der Waals surface area contributed by atoms with Gasteiger partial charge in [0, 0.05) is 25.0 Å². The molecule has 1 atom stereocenters. The van der Waals surface area contributed by atoms with Gasteiger partial charge in [0.25, 0.3) is 0 Å². The number of nitrogens with zero attached hydrogens (tertiary/aromatic N) is 2. The Morgan fingerprint density at radius 1 is 0.973 bits per heavy atom. The number of benzene rings is 3. The first-order chi connectivity index (χ1) is 17.6. The van der Waals surface area contributed by atoms with Crippen LogP contribution in [0.2, 0.25) is 5.02 Å². The van der Waals surface area contributed by atoms with Gasteiger partial charge in [0.15, 0.2) is 0 Å². The second kappa shape index (κ2) is 12.6. The summed E-state index contributed by atoms with van der Waals surface area (Å²) in [6.07, 6.45) is 1.28. The normalized spacial score (nSPS) is 11.9. The Labute approximate surface area is 222 Å². The number of carbonyl (C=O) groups is 2. The van der Waals surface area contributed by atoms with Crippen molar-refractivity contribution in [2.24, 2.45) is 0 Å². The number of rotatable bonds is 11. The van der Waals surface area contributed by atoms with Gasteiger partial charge in [-0.15, -0.1) is 0 Å². The van der Waals surface area contributed by atoms with E-state index in [1.54, 1.807) is 48.5 Å². The number of carbonyl (C=O) groups excluding carboxylic acids is 2. The van der Waals surface area contributed by atoms with Gasteiger partial charge >= 0.3 is 0 Å². The van der Waals surface area contributed by atoms with Crippen LogP contribution in [0.5, 0.6) is 5.75 Å². The molecule has 2 amide bonds. The van der Waals surface area contributed by atoms with Gasteiger partial charge in [-0.1, -0.05) is 54.1 Å². The van der Waals surface area contributed by atoms with Crippen LogP contribution in [0.4, 0.5) is 5.69 Å². The van der Waals surface area contributed by atoms with E-state index in [1.807, 2.05) is 30.3 Å². The minimum absolute atomic E-state index is 0.0600. The van der Waals surface area contributed by atoms with Crippen LogP contribution in [-0.4, -0.2) is 58.1 Å². The molecule has 3 aromatic rings. The number of likely N-dealkylation sites (N-methyl/N-ethyl adjacent to an activating group) is 1. The predicted octanol–water partition coefficient (Wildman–Crippen LogP) is 3.50. The molecule has 0 radical (unpaired) electrons. The van der Waals surface area contributed by atoms with Gasteiger partial charge < -0.3 is 15.0 Å². The van der Waals surface area contributed by atoms with Gasteiger partial charge in [0.2, 0.25) is 21.8 Å². The van der Waals surface area contributed by atoms with E-state index in [4.69, 9.17) is 16.3 Å². The zero-order chi connectivity index (χ0) is 27.0. The summed E-state index contributed by atoms with van der Waals surface area (Å²) in [6, 6.07) is 21.8. The monoisotopic (exact) mass is 543 g/mol. The number of hydrogen-bond donors (Lipinski definition) is 1. The summed E-state index contributed by atoms with van der Waals surface area (Å²) in [6.45, 7) is -0.432. The van der Waals surface area contributed by atoms with Crippen molar-refractivity contribution in [1.29, 1.82) is 0 Å². The van der Waals surface area contributed by atoms with Gasteiger partial charge in [-0.2, -0.15) is 0 Å². The van der Waals surface area contributed by atoms with Crippen molar-refractivity contribution in [3.8, 4) is 5.75 Å². The lowest BCUT2D eigenvalue weighted by Gasteiger charge is -2.33. The summed E-state index contributed by atoms with van der Waals surface area (Å²) in [7, 11) is -0.824. The third-order valence-electron chi connectivity index (χ3n) is 5.80. The Morgan fingerprint density at radius 2 is 1.62 bits per heavy atom. The molecule has 0 fully saturated rings. The van der Waals surface area contributed by atoms with E-state index in [1.165, 1.54) is 19.1 Å². The van der Waals surface area contributed by atoms with Crippen LogP contribution < -0.4 is 14.4 Å². The summed E-state index contributed by atoms with van der Waals surface area (Å²) >= 11 is 6.18. The first-order valence-corrected chi connectivity index (χ1v) is 13.8. The Bertz CT molecular complexity index is 1320. The van der Waals surface area contributed by atoms with Crippen LogP contribution in [0.25, 0.3) is 0 Å². The smallest absolute Gasteiger partial charge is 0.244 e. The van der Waals surface area contributed by atoms with E-state index < -0.39 is 28.5 Å². The highest BCUT2D eigenvalue weighted by Crippen LogP contribution is 2.23. The fourth-order valence-corrected chi connectivity index (χ4v) is 4.98. The maximum atomic E-state index is 13.8. The second-order valence-corrected chi connectivity index (χ2v) is 10.8. The zero-order valence-corrected chi connectivity index (χ0v) is 22.5. The minimum Gasteiger partial charge on any atom is -0.497 e. The van der Waals surface area contributed by atoms with Crippen LogP contribution >= 0.6 is 11.6 Å². The highest BCUT2D eigenvalue weighted by atomic mass is 35.5. The largest absolute Gasteiger partial charge is 0.497 e. The summed E-state index contributed by atoms with van der Waals surface area (Å²) in [4.78, 5) is 28.3. The third kappa shape index (κ3) is 7.71. The molecule has 3 rings (SSSR count). The molecule has 3 aromatic carbocycles. The van der Waals surface area contributed by atoms with Crippen LogP contribution in [0.1, 0.15) is 11.1 Å². The van der Waals surface area contributed by atoms with Crippen LogP contribution in [0.3, 0.4) is 0 Å². The Morgan fingerprint density at radius 3 is 2.19 bits per heavy atom. The maximum Gasteiger partial charge on any atom is 0.244 e. The average molecular weight is 544 g/mol. The van der Waals surface area contributed by atoms with Crippen LogP contribution in [0, 0.1) is 0 Å². The van der Waals surface area contributed by atoms with Crippen LogP contribution in [0.15, 0.2) is 78.9 Å². The molecule has 0 bridgehead atoms. The van der Waals surface area contributed by atoms with Crippen molar-refractivity contribution >= 4 is 39.1 Å². The number of hydrogen-bond acceptors (Lipinski definition) is 5. The molecular formula is C27H30ClN3O5S. The molecule has 8 nitrogen and oxygen atoms in total. The lowest BCUT2D eigenvalue weighted by molar-refractivity contribution is -0.139. The number of halogens is 1. The minimum atomic E-state index is -3.83. The number of methoxy groups -OCH3 is 1. The Balaban J connectivity index is 2.01. The van der Waals surface area contributed by atoms with Crippen LogP contribution in [-0.2, 0) is 32.6 Å². The first-order valence-electron chi connectivity index (χ1n) is 11.5. The average Bonchev–Trinajstić information content (AvgIpc) is 2.88. The molecule has 1 N–H and O–H groups in total. The van der Waals surface area contributed by atoms with Gasteiger partial charge in [-0.25, -0.2) is 8.42 Å². The number of sulfonamides is 1. The fraction of sp³-hybridized carbons (Fsp3) is 0.259.